The number of nitrogens with one attached hydrogen (secondary N) is 1. The van der Waals surface area contributed by atoms with Gasteiger partial charge in [-0.3, -0.25) is 4.79 Å². The molecule has 0 aromatic heterocycles. The maximum Gasteiger partial charge on any atom is 0.230 e. The van der Waals surface area contributed by atoms with Crippen molar-refractivity contribution in [2.45, 2.75) is 18.7 Å². The molecule has 1 atom stereocenters. The number of carbonyl (C=O) groups is 1. The lowest BCUT2D eigenvalue weighted by Crippen LogP contribution is -2.36. The van der Waals surface area contributed by atoms with Crippen molar-refractivity contribution in [2.24, 2.45) is 0 Å². The van der Waals surface area contributed by atoms with Crippen LogP contribution in [0.2, 0.25) is 5.02 Å². The number of hydrogen-bond acceptors (Lipinski definition) is 3. The molecule has 0 bridgehead atoms. The number of hydrogen-bond donors (Lipinski definition) is 2. The molecule has 94 valence electrons. The molecule has 0 heterocycles. The van der Waals surface area contributed by atoms with Gasteiger partial charge in [0, 0.05) is 16.8 Å². The van der Waals surface area contributed by atoms with Gasteiger partial charge in [0.2, 0.25) is 5.91 Å². The average molecular weight is 274 g/mol. The first-order chi connectivity index (χ1) is 8.11. The van der Waals surface area contributed by atoms with Crippen LogP contribution in [-0.4, -0.2) is 29.4 Å². The first-order valence-electron chi connectivity index (χ1n) is 5.34. The van der Waals surface area contributed by atoms with Gasteiger partial charge in [-0.1, -0.05) is 23.7 Å². The molecule has 1 unspecified atom stereocenters. The highest BCUT2D eigenvalue weighted by Gasteiger charge is 2.05. The van der Waals surface area contributed by atoms with Crippen LogP contribution in [0.5, 0.6) is 0 Å². The van der Waals surface area contributed by atoms with Crippen LogP contribution < -0.4 is 5.32 Å². The third-order valence-corrected chi connectivity index (χ3v) is 3.35. The van der Waals surface area contributed by atoms with E-state index in [0.29, 0.717) is 10.8 Å². The van der Waals surface area contributed by atoms with E-state index in [2.05, 4.69) is 5.32 Å². The summed E-state index contributed by atoms with van der Waals surface area (Å²) >= 11 is 7.31. The standard InChI is InChI=1S/C12H16ClNO2S/c1-9(6-15)14-12(16)8-17-7-10-2-4-11(13)5-3-10/h2-5,9,15H,6-8H2,1H3,(H,14,16). The van der Waals surface area contributed by atoms with Gasteiger partial charge in [0.05, 0.1) is 12.4 Å². The highest BCUT2D eigenvalue weighted by Crippen LogP contribution is 2.15. The zero-order valence-corrected chi connectivity index (χ0v) is 11.2. The first-order valence-corrected chi connectivity index (χ1v) is 6.87. The number of benzene rings is 1. The second kappa shape index (κ2) is 7.58. The molecule has 0 saturated carbocycles. The van der Waals surface area contributed by atoms with E-state index in [1.54, 1.807) is 6.92 Å². The van der Waals surface area contributed by atoms with E-state index < -0.39 is 0 Å². The van der Waals surface area contributed by atoms with Crippen LogP contribution in [0.4, 0.5) is 0 Å². The minimum atomic E-state index is -0.182. The molecule has 0 spiro atoms. The van der Waals surface area contributed by atoms with Gasteiger partial charge >= 0.3 is 0 Å². The number of halogens is 1. The van der Waals surface area contributed by atoms with Crippen molar-refractivity contribution in [3.63, 3.8) is 0 Å². The van der Waals surface area contributed by atoms with Gasteiger partial charge in [-0.15, -0.1) is 11.8 Å². The summed E-state index contributed by atoms with van der Waals surface area (Å²) in [5, 5.41) is 12.2. The first kappa shape index (κ1) is 14.4. The number of aliphatic hydroxyl groups excluding tert-OH is 1. The van der Waals surface area contributed by atoms with Gasteiger partial charge < -0.3 is 10.4 Å². The van der Waals surface area contributed by atoms with Crippen molar-refractivity contribution in [2.75, 3.05) is 12.4 Å². The molecule has 1 rings (SSSR count). The van der Waals surface area contributed by atoms with Crippen molar-refractivity contribution >= 4 is 29.3 Å². The van der Waals surface area contributed by atoms with Crippen LogP contribution in [0.15, 0.2) is 24.3 Å². The van der Waals surface area contributed by atoms with Crippen LogP contribution in [-0.2, 0) is 10.5 Å². The third kappa shape index (κ3) is 5.96. The smallest absolute Gasteiger partial charge is 0.230 e. The predicted octanol–water partition coefficient (Wildman–Crippen LogP) is 2.07. The molecule has 0 aliphatic rings. The second-order valence-corrected chi connectivity index (χ2v) is 5.19. The van der Waals surface area contributed by atoms with Crippen molar-refractivity contribution in [1.29, 1.82) is 0 Å². The molecule has 17 heavy (non-hydrogen) atoms. The largest absolute Gasteiger partial charge is 0.394 e. The topological polar surface area (TPSA) is 49.3 Å². The summed E-state index contributed by atoms with van der Waals surface area (Å²) in [6, 6.07) is 7.39. The number of aliphatic hydroxyl groups is 1. The normalized spacial score (nSPS) is 12.2. The summed E-state index contributed by atoms with van der Waals surface area (Å²) in [5.74, 6) is 1.12. The number of amides is 1. The summed E-state index contributed by atoms with van der Waals surface area (Å²) in [7, 11) is 0. The third-order valence-electron chi connectivity index (χ3n) is 2.10. The Hall–Kier alpha value is -0.710. The summed E-state index contributed by atoms with van der Waals surface area (Å²) in [5.41, 5.74) is 1.14. The van der Waals surface area contributed by atoms with E-state index in [-0.39, 0.29) is 18.6 Å². The van der Waals surface area contributed by atoms with E-state index in [9.17, 15) is 4.79 Å². The Morgan fingerprint density at radius 2 is 2.12 bits per heavy atom. The van der Waals surface area contributed by atoms with E-state index in [1.807, 2.05) is 24.3 Å². The van der Waals surface area contributed by atoms with E-state index in [4.69, 9.17) is 16.7 Å². The van der Waals surface area contributed by atoms with Gasteiger partial charge in [-0.05, 0) is 24.6 Å². The maximum absolute atomic E-state index is 11.4. The zero-order chi connectivity index (χ0) is 12.7. The lowest BCUT2D eigenvalue weighted by atomic mass is 10.2. The fourth-order valence-corrected chi connectivity index (χ4v) is 2.13. The lowest BCUT2D eigenvalue weighted by Gasteiger charge is -2.10. The molecule has 3 nitrogen and oxygen atoms in total. The zero-order valence-electron chi connectivity index (χ0n) is 9.65. The number of thioether (sulfide) groups is 1. The van der Waals surface area contributed by atoms with Crippen LogP contribution in [0.25, 0.3) is 0 Å². The summed E-state index contributed by atoms with van der Waals surface area (Å²) in [4.78, 5) is 11.4. The number of rotatable bonds is 6. The van der Waals surface area contributed by atoms with Crippen LogP contribution in [0.1, 0.15) is 12.5 Å². The van der Waals surface area contributed by atoms with Gasteiger partial charge in [0.1, 0.15) is 0 Å². The monoisotopic (exact) mass is 273 g/mol. The molecule has 0 saturated heterocycles. The van der Waals surface area contributed by atoms with Crippen molar-refractivity contribution < 1.29 is 9.90 Å². The van der Waals surface area contributed by atoms with E-state index in [0.717, 1.165) is 11.3 Å². The van der Waals surface area contributed by atoms with Gasteiger partial charge in [0.25, 0.3) is 0 Å². The Kier molecular flexibility index (Phi) is 6.40. The molecule has 1 amide bonds. The van der Waals surface area contributed by atoms with Crippen LogP contribution in [0, 0.1) is 0 Å². The van der Waals surface area contributed by atoms with E-state index >= 15 is 0 Å². The van der Waals surface area contributed by atoms with Gasteiger partial charge in [0.15, 0.2) is 0 Å². The van der Waals surface area contributed by atoms with E-state index in [1.165, 1.54) is 11.8 Å². The van der Waals surface area contributed by atoms with Crippen molar-refractivity contribution in [1.82, 2.24) is 5.32 Å². The molecule has 0 aliphatic carbocycles. The molecule has 1 aromatic carbocycles. The Morgan fingerprint density at radius 1 is 1.47 bits per heavy atom. The molecule has 0 radical (unpaired) electrons. The minimum absolute atomic E-state index is 0.0341. The Balaban J connectivity index is 2.23. The average Bonchev–Trinajstić information content (AvgIpc) is 2.31. The maximum atomic E-state index is 11.4. The van der Waals surface area contributed by atoms with Gasteiger partial charge in [-0.2, -0.15) is 0 Å². The molecule has 1 aromatic rings. The summed E-state index contributed by atoms with van der Waals surface area (Å²) in [6.45, 7) is 1.73. The highest BCUT2D eigenvalue weighted by atomic mass is 35.5. The number of carbonyl (C=O) groups excluding carboxylic acids is 1. The molecule has 0 fully saturated rings. The summed E-state index contributed by atoms with van der Waals surface area (Å²) < 4.78 is 0. The molecule has 2 N–H and O–H groups in total. The SMILES string of the molecule is CC(CO)NC(=O)CSCc1ccc(Cl)cc1. The van der Waals surface area contributed by atoms with Crippen LogP contribution in [0.3, 0.4) is 0 Å². The molecule has 5 heteroatoms. The Morgan fingerprint density at radius 3 is 2.71 bits per heavy atom. The van der Waals surface area contributed by atoms with Crippen molar-refractivity contribution in [3.8, 4) is 0 Å². The minimum Gasteiger partial charge on any atom is -0.394 e. The Bertz CT molecular complexity index is 356. The Labute approximate surface area is 111 Å². The van der Waals surface area contributed by atoms with Gasteiger partial charge in [-0.25, -0.2) is 0 Å². The lowest BCUT2D eigenvalue weighted by molar-refractivity contribution is -0.119. The molecular formula is C12H16ClNO2S. The molecule has 0 aliphatic heterocycles. The fraction of sp³-hybridized carbons (Fsp3) is 0.417. The summed E-state index contributed by atoms with van der Waals surface area (Å²) in [6.07, 6.45) is 0. The fourth-order valence-electron chi connectivity index (χ4n) is 1.20. The molecular weight excluding hydrogens is 258 g/mol. The highest BCUT2D eigenvalue weighted by molar-refractivity contribution is 7.99. The predicted molar refractivity (Wildman–Crippen MR) is 72.3 cm³/mol. The van der Waals surface area contributed by atoms with Crippen LogP contribution >= 0.6 is 23.4 Å². The second-order valence-electron chi connectivity index (χ2n) is 3.77. The quantitative estimate of drug-likeness (QED) is 0.834. The van der Waals surface area contributed by atoms with Crippen molar-refractivity contribution in [3.05, 3.63) is 34.9 Å².